The zero-order chi connectivity index (χ0) is 16.5. The van der Waals surface area contributed by atoms with Gasteiger partial charge in [-0.15, -0.1) is 0 Å². The Morgan fingerprint density at radius 2 is 2.14 bits per heavy atom. The van der Waals surface area contributed by atoms with Gasteiger partial charge in [-0.3, -0.25) is 4.79 Å². The molecule has 22 heavy (non-hydrogen) atoms. The van der Waals surface area contributed by atoms with Crippen molar-refractivity contribution in [2.45, 2.75) is 45.1 Å². The molecule has 0 aliphatic carbocycles. The highest BCUT2D eigenvalue weighted by Crippen LogP contribution is 2.18. The minimum absolute atomic E-state index is 0.113. The number of carboxylic acids is 1. The van der Waals surface area contributed by atoms with Gasteiger partial charge < -0.3 is 15.2 Å². The van der Waals surface area contributed by atoms with Crippen LogP contribution in [0.4, 0.5) is 4.39 Å². The molecule has 0 radical (unpaired) electrons. The van der Waals surface area contributed by atoms with E-state index in [0.29, 0.717) is 18.4 Å². The second-order valence-electron chi connectivity index (χ2n) is 5.07. The van der Waals surface area contributed by atoms with E-state index < -0.39 is 17.8 Å². The van der Waals surface area contributed by atoms with Crippen molar-refractivity contribution in [1.29, 1.82) is 0 Å². The molecule has 0 saturated carbocycles. The first-order valence-corrected chi connectivity index (χ1v) is 7.32. The van der Waals surface area contributed by atoms with Gasteiger partial charge in [-0.25, -0.2) is 9.18 Å². The maximum atomic E-state index is 13.5. The molecular formula is C16H22FNO4. The van der Waals surface area contributed by atoms with Crippen molar-refractivity contribution in [3.63, 3.8) is 0 Å². The number of aliphatic carboxylic acids is 1. The molecule has 1 aromatic rings. The van der Waals surface area contributed by atoms with Crippen LogP contribution < -0.4 is 10.1 Å². The Balaban J connectivity index is 2.51. The summed E-state index contributed by atoms with van der Waals surface area (Å²) >= 11 is 0. The van der Waals surface area contributed by atoms with Gasteiger partial charge in [0.2, 0.25) is 5.91 Å². The lowest BCUT2D eigenvalue weighted by molar-refractivity contribution is -0.142. The number of hydrogen-bond donors (Lipinski definition) is 2. The van der Waals surface area contributed by atoms with Gasteiger partial charge >= 0.3 is 5.97 Å². The number of nitrogens with one attached hydrogen (secondary N) is 1. The fraction of sp³-hybridized carbons (Fsp3) is 0.500. The molecule has 0 saturated heterocycles. The van der Waals surface area contributed by atoms with E-state index in [1.165, 1.54) is 19.2 Å². The molecule has 1 aromatic carbocycles. The van der Waals surface area contributed by atoms with Crippen LogP contribution in [-0.4, -0.2) is 30.1 Å². The van der Waals surface area contributed by atoms with Crippen molar-refractivity contribution in [2.75, 3.05) is 7.11 Å². The number of hydrogen-bond acceptors (Lipinski definition) is 3. The Morgan fingerprint density at radius 1 is 1.41 bits per heavy atom. The zero-order valence-corrected chi connectivity index (χ0v) is 12.9. The molecule has 1 unspecified atom stereocenters. The van der Waals surface area contributed by atoms with E-state index in [1.807, 2.05) is 6.92 Å². The third-order valence-corrected chi connectivity index (χ3v) is 3.34. The molecule has 0 spiro atoms. The van der Waals surface area contributed by atoms with Gasteiger partial charge in [-0.2, -0.15) is 0 Å². The number of rotatable bonds is 9. The van der Waals surface area contributed by atoms with Crippen LogP contribution in [0.5, 0.6) is 5.75 Å². The summed E-state index contributed by atoms with van der Waals surface area (Å²) in [7, 11) is 1.38. The van der Waals surface area contributed by atoms with Crippen LogP contribution >= 0.6 is 0 Å². The molecule has 0 aliphatic heterocycles. The lowest BCUT2D eigenvalue weighted by Crippen LogP contribution is -2.40. The summed E-state index contributed by atoms with van der Waals surface area (Å²) < 4.78 is 18.3. The lowest BCUT2D eigenvalue weighted by Gasteiger charge is -2.14. The number of amides is 1. The first-order chi connectivity index (χ1) is 10.5. The quantitative estimate of drug-likeness (QED) is 0.735. The van der Waals surface area contributed by atoms with Crippen molar-refractivity contribution in [1.82, 2.24) is 5.32 Å². The Kier molecular flexibility index (Phi) is 7.36. The molecule has 5 nitrogen and oxygen atoms in total. The van der Waals surface area contributed by atoms with Gasteiger partial charge in [-0.05, 0) is 30.5 Å². The van der Waals surface area contributed by atoms with E-state index in [2.05, 4.69) is 5.32 Å². The predicted molar refractivity (Wildman–Crippen MR) is 80.4 cm³/mol. The number of carboxylic acid groups (broad SMARTS) is 1. The monoisotopic (exact) mass is 311 g/mol. The molecule has 0 bridgehead atoms. The molecule has 0 fully saturated rings. The summed E-state index contributed by atoms with van der Waals surface area (Å²) in [5, 5.41) is 11.6. The SMILES string of the molecule is CCCCC(NC(=O)CCc1ccc(OC)c(F)c1)C(=O)O. The fourth-order valence-corrected chi connectivity index (χ4v) is 2.06. The van der Waals surface area contributed by atoms with Crippen LogP contribution in [0.2, 0.25) is 0 Å². The van der Waals surface area contributed by atoms with Crippen LogP contribution in [0.3, 0.4) is 0 Å². The Hall–Kier alpha value is -2.11. The number of halogens is 1. The molecule has 0 heterocycles. The molecule has 6 heteroatoms. The second-order valence-corrected chi connectivity index (χ2v) is 5.07. The fourth-order valence-electron chi connectivity index (χ4n) is 2.06. The molecule has 1 rings (SSSR count). The third kappa shape index (κ3) is 5.71. The standard InChI is InChI=1S/C16H22FNO4/c1-3-4-5-13(16(20)21)18-15(19)9-7-11-6-8-14(22-2)12(17)10-11/h6,8,10,13H,3-5,7,9H2,1-2H3,(H,18,19)(H,20,21). The summed E-state index contributed by atoms with van der Waals surface area (Å²) in [6.45, 7) is 1.96. The average molecular weight is 311 g/mol. The van der Waals surface area contributed by atoms with Gasteiger partial charge in [0.1, 0.15) is 6.04 Å². The van der Waals surface area contributed by atoms with E-state index in [4.69, 9.17) is 9.84 Å². The molecule has 1 atom stereocenters. The van der Waals surface area contributed by atoms with Crippen molar-refractivity contribution < 1.29 is 23.8 Å². The largest absolute Gasteiger partial charge is 0.494 e. The average Bonchev–Trinajstić information content (AvgIpc) is 2.49. The van der Waals surface area contributed by atoms with Crippen LogP contribution in [0, 0.1) is 5.82 Å². The van der Waals surface area contributed by atoms with Crippen LogP contribution in [0.1, 0.15) is 38.2 Å². The lowest BCUT2D eigenvalue weighted by atomic mass is 10.1. The summed E-state index contributed by atoms with van der Waals surface area (Å²) in [5.41, 5.74) is 0.661. The molecular weight excluding hydrogens is 289 g/mol. The maximum Gasteiger partial charge on any atom is 0.326 e. The highest BCUT2D eigenvalue weighted by Gasteiger charge is 2.18. The first kappa shape index (κ1) is 17.9. The van der Waals surface area contributed by atoms with E-state index in [0.717, 1.165) is 12.8 Å². The molecule has 0 aliphatic rings. The van der Waals surface area contributed by atoms with E-state index in [9.17, 15) is 14.0 Å². The second kappa shape index (κ2) is 9.02. The highest BCUT2D eigenvalue weighted by molar-refractivity contribution is 5.83. The van der Waals surface area contributed by atoms with Crippen LogP contribution in [0.25, 0.3) is 0 Å². The summed E-state index contributed by atoms with van der Waals surface area (Å²) in [4.78, 5) is 22.9. The predicted octanol–water partition coefficient (Wildman–Crippen LogP) is 2.53. The van der Waals surface area contributed by atoms with Crippen molar-refractivity contribution in [2.24, 2.45) is 0 Å². The third-order valence-electron chi connectivity index (χ3n) is 3.34. The van der Waals surface area contributed by atoms with E-state index >= 15 is 0 Å². The normalized spacial score (nSPS) is 11.8. The summed E-state index contributed by atoms with van der Waals surface area (Å²) in [6, 6.07) is 3.64. The Morgan fingerprint density at radius 3 is 2.68 bits per heavy atom. The highest BCUT2D eigenvalue weighted by atomic mass is 19.1. The summed E-state index contributed by atoms with van der Waals surface area (Å²) in [6.07, 6.45) is 2.47. The van der Waals surface area contributed by atoms with Crippen molar-refractivity contribution >= 4 is 11.9 Å². The van der Waals surface area contributed by atoms with E-state index in [1.54, 1.807) is 6.07 Å². The van der Waals surface area contributed by atoms with Crippen molar-refractivity contribution in [3.05, 3.63) is 29.6 Å². The molecule has 1 amide bonds. The van der Waals surface area contributed by atoms with Gasteiger partial charge in [0, 0.05) is 6.42 Å². The van der Waals surface area contributed by atoms with Gasteiger partial charge in [-0.1, -0.05) is 25.8 Å². The Labute approximate surface area is 129 Å². The number of benzene rings is 1. The maximum absolute atomic E-state index is 13.5. The molecule has 0 aromatic heterocycles. The summed E-state index contributed by atoms with van der Waals surface area (Å²) in [5.74, 6) is -1.71. The minimum atomic E-state index is -1.03. The first-order valence-electron chi connectivity index (χ1n) is 7.32. The van der Waals surface area contributed by atoms with Crippen LogP contribution in [-0.2, 0) is 16.0 Å². The van der Waals surface area contributed by atoms with Gasteiger partial charge in [0.25, 0.3) is 0 Å². The van der Waals surface area contributed by atoms with Gasteiger partial charge in [0.05, 0.1) is 7.11 Å². The molecule has 122 valence electrons. The van der Waals surface area contributed by atoms with Crippen LogP contribution in [0.15, 0.2) is 18.2 Å². The van der Waals surface area contributed by atoms with Gasteiger partial charge in [0.15, 0.2) is 11.6 Å². The number of carbonyl (C=O) groups is 2. The van der Waals surface area contributed by atoms with E-state index in [-0.39, 0.29) is 18.1 Å². The minimum Gasteiger partial charge on any atom is -0.494 e. The number of carbonyl (C=O) groups excluding carboxylic acids is 1. The number of aryl methyl sites for hydroxylation is 1. The topological polar surface area (TPSA) is 75.6 Å². The van der Waals surface area contributed by atoms with Crippen molar-refractivity contribution in [3.8, 4) is 5.75 Å². The molecule has 2 N–H and O–H groups in total. The smallest absolute Gasteiger partial charge is 0.326 e. The Bertz CT molecular complexity index is 519. The number of methoxy groups -OCH3 is 1. The number of ether oxygens (including phenoxy) is 1. The zero-order valence-electron chi connectivity index (χ0n) is 12.9. The number of unbranched alkanes of at least 4 members (excludes halogenated alkanes) is 1.